The van der Waals surface area contributed by atoms with E-state index in [0.29, 0.717) is 38.5 Å². The van der Waals surface area contributed by atoms with E-state index in [1.807, 2.05) is 0 Å². The number of hydrogen-bond acceptors (Lipinski definition) is 7. The van der Waals surface area contributed by atoms with Gasteiger partial charge in [0.1, 0.15) is 6.10 Å². The normalized spacial score (nSPS) is 20.2. The Morgan fingerprint density at radius 3 is 2.22 bits per heavy atom. The topological polar surface area (TPSA) is 88.1 Å². The molecule has 23 heavy (non-hydrogen) atoms. The maximum absolute atomic E-state index is 11.5. The fourth-order valence-electron chi connectivity index (χ4n) is 2.34. The first-order valence-electron chi connectivity index (χ1n) is 7.77. The second-order valence-corrected chi connectivity index (χ2v) is 5.29. The Hall–Kier alpha value is -2.05. The molecular weight excluding hydrogens is 304 g/mol. The van der Waals surface area contributed by atoms with Crippen molar-refractivity contribution >= 4 is 18.1 Å². The fourth-order valence-corrected chi connectivity index (χ4v) is 2.34. The Kier molecular flexibility index (Phi) is 8.79. The quantitative estimate of drug-likeness (QED) is 0.292. The predicted molar refractivity (Wildman–Crippen MR) is 80.6 cm³/mol. The van der Waals surface area contributed by atoms with Crippen LogP contribution in [0.4, 0.5) is 4.79 Å². The minimum absolute atomic E-state index is 0.103. The van der Waals surface area contributed by atoms with Crippen molar-refractivity contribution in [3.63, 3.8) is 0 Å². The highest BCUT2D eigenvalue weighted by atomic mass is 16.7. The van der Waals surface area contributed by atoms with Crippen LogP contribution in [0.5, 0.6) is 0 Å². The van der Waals surface area contributed by atoms with Crippen LogP contribution in [-0.2, 0) is 28.5 Å². The van der Waals surface area contributed by atoms with Gasteiger partial charge in [0.2, 0.25) is 0 Å². The van der Waals surface area contributed by atoms with Gasteiger partial charge >= 0.3 is 18.1 Å². The Morgan fingerprint density at radius 1 is 1.04 bits per heavy atom. The Bertz CT molecular complexity index is 411. The average molecular weight is 328 g/mol. The van der Waals surface area contributed by atoms with Gasteiger partial charge in [-0.3, -0.25) is 4.79 Å². The van der Waals surface area contributed by atoms with Crippen molar-refractivity contribution in [3.05, 3.63) is 12.7 Å². The first-order chi connectivity index (χ1) is 11.1. The molecule has 0 amide bonds. The van der Waals surface area contributed by atoms with Crippen molar-refractivity contribution in [2.24, 2.45) is 5.92 Å². The molecule has 130 valence electrons. The van der Waals surface area contributed by atoms with E-state index in [2.05, 4.69) is 6.58 Å². The number of hydrogen-bond donors (Lipinski definition) is 0. The Balaban J connectivity index is 2.05. The van der Waals surface area contributed by atoms with Gasteiger partial charge in [-0.1, -0.05) is 6.58 Å². The second-order valence-electron chi connectivity index (χ2n) is 5.29. The molecule has 1 saturated carbocycles. The highest BCUT2D eigenvalue weighted by molar-refractivity contribution is 5.81. The largest absolute Gasteiger partial charge is 0.508 e. The minimum atomic E-state index is -0.699. The van der Waals surface area contributed by atoms with Crippen LogP contribution in [0.2, 0.25) is 0 Å². The van der Waals surface area contributed by atoms with E-state index in [-0.39, 0.29) is 31.2 Å². The average Bonchev–Trinajstić information content (AvgIpc) is 2.57. The van der Waals surface area contributed by atoms with Crippen molar-refractivity contribution in [1.82, 2.24) is 0 Å². The van der Waals surface area contributed by atoms with Crippen molar-refractivity contribution in [2.75, 3.05) is 20.3 Å². The molecule has 0 atom stereocenters. The number of carbonyl (C=O) groups excluding carboxylic acids is 3. The van der Waals surface area contributed by atoms with Crippen LogP contribution in [0.3, 0.4) is 0 Å². The highest BCUT2D eigenvalue weighted by Crippen LogP contribution is 2.27. The van der Waals surface area contributed by atoms with Gasteiger partial charge in [-0.2, -0.15) is 0 Å². The molecule has 0 aromatic heterocycles. The lowest BCUT2D eigenvalue weighted by molar-refractivity contribution is -0.147. The third-order valence-electron chi connectivity index (χ3n) is 3.64. The lowest BCUT2D eigenvalue weighted by atomic mass is 9.87. The van der Waals surface area contributed by atoms with Gasteiger partial charge in [-0.05, 0) is 38.5 Å². The Morgan fingerprint density at radius 2 is 1.65 bits per heavy atom. The molecule has 0 saturated heterocycles. The second kappa shape index (κ2) is 10.6. The monoisotopic (exact) mass is 328 g/mol. The molecule has 7 nitrogen and oxygen atoms in total. The molecule has 1 fully saturated rings. The van der Waals surface area contributed by atoms with E-state index < -0.39 is 12.1 Å². The molecule has 0 unspecified atom stereocenters. The lowest BCUT2D eigenvalue weighted by Gasteiger charge is -2.26. The molecule has 1 rings (SSSR count). The van der Waals surface area contributed by atoms with Gasteiger partial charge in [0.05, 0.1) is 26.2 Å². The summed E-state index contributed by atoms with van der Waals surface area (Å²) in [5, 5.41) is 0. The van der Waals surface area contributed by atoms with Gasteiger partial charge in [0.15, 0.2) is 0 Å². The standard InChI is InChI=1S/C16H24O7/c1-3-14(17)21-10-4-5-11-22-16(19)23-13-8-6-12(7-9-13)15(18)20-2/h3,12-13H,1,4-11H2,2H3. The first kappa shape index (κ1) is 19.0. The number of rotatable bonds is 8. The number of esters is 2. The summed E-state index contributed by atoms with van der Waals surface area (Å²) in [6, 6.07) is 0. The zero-order valence-corrected chi connectivity index (χ0v) is 13.5. The molecule has 0 aromatic carbocycles. The zero-order chi connectivity index (χ0) is 17.1. The van der Waals surface area contributed by atoms with Gasteiger partial charge in [-0.25, -0.2) is 9.59 Å². The minimum Gasteiger partial charge on any atom is -0.469 e. The van der Waals surface area contributed by atoms with Crippen LogP contribution >= 0.6 is 0 Å². The summed E-state index contributed by atoms with van der Waals surface area (Å²) in [4.78, 5) is 33.7. The molecule has 1 aliphatic carbocycles. The van der Waals surface area contributed by atoms with Crippen LogP contribution in [0, 0.1) is 5.92 Å². The molecule has 0 aromatic rings. The van der Waals surface area contributed by atoms with E-state index >= 15 is 0 Å². The summed E-state index contributed by atoms with van der Waals surface area (Å²) in [7, 11) is 1.38. The highest BCUT2D eigenvalue weighted by Gasteiger charge is 2.29. The Labute approximate surface area is 135 Å². The third kappa shape index (κ3) is 7.67. The predicted octanol–water partition coefficient (Wildman–Crippen LogP) is 2.38. The van der Waals surface area contributed by atoms with Crippen LogP contribution in [0.25, 0.3) is 0 Å². The molecule has 0 heterocycles. The van der Waals surface area contributed by atoms with E-state index in [4.69, 9.17) is 18.9 Å². The van der Waals surface area contributed by atoms with E-state index in [0.717, 1.165) is 6.08 Å². The molecule has 0 radical (unpaired) electrons. The number of unbranched alkanes of at least 4 members (excludes halogenated alkanes) is 1. The molecular formula is C16H24O7. The van der Waals surface area contributed by atoms with E-state index in [1.54, 1.807) is 0 Å². The van der Waals surface area contributed by atoms with Gasteiger partial charge in [0, 0.05) is 6.08 Å². The van der Waals surface area contributed by atoms with Crippen LogP contribution < -0.4 is 0 Å². The molecule has 0 N–H and O–H groups in total. The third-order valence-corrected chi connectivity index (χ3v) is 3.64. The summed E-state index contributed by atoms with van der Waals surface area (Å²) < 4.78 is 19.7. The molecule has 1 aliphatic rings. The SMILES string of the molecule is C=CC(=O)OCCCCOC(=O)OC1CCC(C(=O)OC)CC1. The zero-order valence-electron chi connectivity index (χ0n) is 13.5. The smallest absolute Gasteiger partial charge is 0.469 e. The molecule has 0 spiro atoms. The van der Waals surface area contributed by atoms with Gasteiger partial charge in [0.25, 0.3) is 0 Å². The molecule has 0 bridgehead atoms. The number of methoxy groups -OCH3 is 1. The first-order valence-corrected chi connectivity index (χ1v) is 7.77. The van der Waals surface area contributed by atoms with Crippen molar-refractivity contribution < 1.29 is 33.3 Å². The number of ether oxygens (including phenoxy) is 4. The van der Waals surface area contributed by atoms with E-state index in [9.17, 15) is 14.4 Å². The van der Waals surface area contributed by atoms with Crippen LogP contribution in [0.15, 0.2) is 12.7 Å². The summed E-state index contributed by atoms with van der Waals surface area (Å²) >= 11 is 0. The lowest BCUT2D eigenvalue weighted by Crippen LogP contribution is -2.28. The van der Waals surface area contributed by atoms with Crippen molar-refractivity contribution in [2.45, 2.75) is 44.6 Å². The fraction of sp³-hybridized carbons (Fsp3) is 0.688. The van der Waals surface area contributed by atoms with Crippen LogP contribution in [0.1, 0.15) is 38.5 Å². The van der Waals surface area contributed by atoms with Crippen molar-refractivity contribution in [1.29, 1.82) is 0 Å². The summed E-state index contributed by atoms with van der Waals surface area (Å²) in [5.41, 5.74) is 0. The molecule has 0 aliphatic heterocycles. The van der Waals surface area contributed by atoms with Crippen LogP contribution in [-0.4, -0.2) is 44.5 Å². The van der Waals surface area contributed by atoms with Gasteiger partial charge < -0.3 is 18.9 Å². The summed E-state index contributed by atoms with van der Waals surface area (Å²) in [6.45, 7) is 3.76. The number of carbonyl (C=O) groups is 3. The van der Waals surface area contributed by atoms with Gasteiger partial charge in [-0.15, -0.1) is 0 Å². The van der Waals surface area contributed by atoms with Crippen molar-refractivity contribution in [3.8, 4) is 0 Å². The maximum Gasteiger partial charge on any atom is 0.508 e. The maximum atomic E-state index is 11.5. The summed E-state index contributed by atoms with van der Waals surface area (Å²) in [6.07, 6.45) is 3.93. The molecule has 7 heteroatoms. The van der Waals surface area contributed by atoms with E-state index in [1.165, 1.54) is 7.11 Å². The summed E-state index contributed by atoms with van der Waals surface area (Å²) in [5.74, 6) is -0.773.